The molecule has 0 radical (unpaired) electrons. The van der Waals surface area contributed by atoms with E-state index in [4.69, 9.17) is 9.47 Å². The van der Waals surface area contributed by atoms with E-state index in [-0.39, 0.29) is 0 Å². The molecule has 7 aromatic rings. The Morgan fingerprint density at radius 2 is 1.13 bits per heavy atom. The molecule has 0 bridgehead atoms. The SMILES string of the molecule is COc1ccc(-c2ccc3c(-c4ccccc4-c4ccc(Pc5ccccc5)cc4)c(OCc4ccccc4)ccc3c2)cc1. The van der Waals surface area contributed by atoms with Gasteiger partial charge in [0, 0.05) is 5.56 Å². The van der Waals surface area contributed by atoms with Gasteiger partial charge in [-0.25, -0.2) is 0 Å². The zero-order valence-corrected chi connectivity index (χ0v) is 26.1. The Kier molecular flexibility index (Phi) is 8.40. The zero-order chi connectivity index (χ0) is 30.4. The van der Waals surface area contributed by atoms with Crippen LogP contribution in [0.15, 0.2) is 164 Å². The lowest BCUT2D eigenvalue weighted by atomic mass is 9.89. The molecule has 0 aliphatic carbocycles. The first-order valence-corrected chi connectivity index (χ1v) is 16.1. The molecule has 45 heavy (non-hydrogen) atoms. The van der Waals surface area contributed by atoms with Gasteiger partial charge in [0.25, 0.3) is 0 Å². The molecular weight excluding hydrogens is 567 g/mol. The second-order valence-electron chi connectivity index (χ2n) is 11.0. The average molecular weight is 601 g/mol. The van der Waals surface area contributed by atoms with Crippen LogP contribution in [-0.4, -0.2) is 7.11 Å². The fourth-order valence-electron chi connectivity index (χ4n) is 5.78. The van der Waals surface area contributed by atoms with Crippen LogP contribution in [0.25, 0.3) is 44.2 Å². The van der Waals surface area contributed by atoms with Crippen molar-refractivity contribution in [3.8, 4) is 44.9 Å². The zero-order valence-electron chi connectivity index (χ0n) is 25.1. The third-order valence-corrected chi connectivity index (χ3v) is 9.34. The van der Waals surface area contributed by atoms with Crippen LogP contribution in [0.5, 0.6) is 11.5 Å². The van der Waals surface area contributed by atoms with Crippen molar-refractivity contribution in [1.82, 2.24) is 0 Å². The minimum Gasteiger partial charge on any atom is -0.497 e. The number of hydrogen-bond acceptors (Lipinski definition) is 2. The van der Waals surface area contributed by atoms with Gasteiger partial charge >= 0.3 is 0 Å². The van der Waals surface area contributed by atoms with Crippen LogP contribution < -0.4 is 20.1 Å². The molecule has 0 fully saturated rings. The van der Waals surface area contributed by atoms with Gasteiger partial charge in [0.1, 0.15) is 18.1 Å². The summed E-state index contributed by atoms with van der Waals surface area (Å²) < 4.78 is 12.0. The molecule has 7 aromatic carbocycles. The minimum atomic E-state index is 0.501. The number of fused-ring (bicyclic) bond motifs is 1. The molecular formula is C42H33O2P. The molecule has 0 heterocycles. The van der Waals surface area contributed by atoms with Crippen LogP contribution in [0.3, 0.4) is 0 Å². The van der Waals surface area contributed by atoms with Crippen LogP contribution >= 0.6 is 8.58 Å². The molecule has 0 amide bonds. The van der Waals surface area contributed by atoms with E-state index in [0.29, 0.717) is 15.2 Å². The molecule has 218 valence electrons. The molecule has 2 nitrogen and oxygen atoms in total. The number of benzene rings is 7. The van der Waals surface area contributed by atoms with E-state index in [2.05, 4.69) is 146 Å². The summed E-state index contributed by atoms with van der Waals surface area (Å²) in [6.45, 7) is 0.501. The highest BCUT2D eigenvalue weighted by Crippen LogP contribution is 2.43. The summed E-state index contributed by atoms with van der Waals surface area (Å²) in [7, 11) is 2.33. The second kappa shape index (κ2) is 13.2. The van der Waals surface area contributed by atoms with Crippen molar-refractivity contribution >= 4 is 30.0 Å². The van der Waals surface area contributed by atoms with Gasteiger partial charge in [-0.15, -0.1) is 0 Å². The Balaban J connectivity index is 1.31. The molecule has 0 saturated carbocycles. The maximum Gasteiger partial charge on any atom is 0.128 e. The maximum atomic E-state index is 6.59. The molecule has 7 rings (SSSR count). The predicted molar refractivity (Wildman–Crippen MR) is 192 cm³/mol. The standard InChI is InChI=1S/C42H33O2P/c1-43-35-22-16-31(17-23-35)33-20-26-39-34(28-33)21-27-41(44-29-30-10-4-2-5-11-30)42(39)40-15-9-8-14-38(40)32-18-24-37(25-19-32)45-36-12-6-3-7-13-36/h2-28,45H,29H2,1H3. The maximum absolute atomic E-state index is 6.59. The first-order valence-electron chi connectivity index (χ1n) is 15.1. The molecule has 0 aliphatic heterocycles. The molecule has 0 aromatic heterocycles. The highest BCUT2D eigenvalue weighted by molar-refractivity contribution is 7.55. The van der Waals surface area contributed by atoms with E-state index >= 15 is 0 Å². The second-order valence-corrected chi connectivity index (χ2v) is 12.4. The molecule has 3 heteroatoms. The van der Waals surface area contributed by atoms with Crippen molar-refractivity contribution in [2.45, 2.75) is 6.61 Å². The Morgan fingerprint density at radius 1 is 0.511 bits per heavy atom. The van der Waals surface area contributed by atoms with E-state index < -0.39 is 0 Å². The Labute approximate surface area is 266 Å². The molecule has 1 unspecified atom stereocenters. The fraction of sp³-hybridized carbons (Fsp3) is 0.0476. The smallest absolute Gasteiger partial charge is 0.128 e. The summed E-state index contributed by atoms with van der Waals surface area (Å²) >= 11 is 0. The predicted octanol–water partition coefficient (Wildman–Crippen LogP) is 10.1. The average Bonchev–Trinajstić information content (AvgIpc) is 3.11. The van der Waals surface area contributed by atoms with Crippen LogP contribution in [0, 0.1) is 0 Å². The Bertz CT molecular complexity index is 2030. The van der Waals surface area contributed by atoms with Crippen LogP contribution in [0.4, 0.5) is 0 Å². The summed E-state index contributed by atoms with van der Waals surface area (Å²) in [6, 6.07) is 58.0. The van der Waals surface area contributed by atoms with Crippen LogP contribution in [0.2, 0.25) is 0 Å². The van der Waals surface area contributed by atoms with Crippen molar-refractivity contribution in [2.24, 2.45) is 0 Å². The van der Waals surface area contributed by atoms with Crippen molar-refractivity contribution in [1.29, 1.82) is 0 Å². The van der Waals surface area contributed by atoms with E-state index in [9.17, 15) is 0 Å². The van der Waals surface area contributed by atoms with E-state index in [0.717, 1.165) is 44.7 Å². The van der Waals surface area contributed by atoms with Gasteiger partial charge in [0.05, 0.1) is 7.11 Å². The normalized spacial score (nSPS) is 11.2. The van der Waals surface area contributed by atoms with Gasteiger partial charge in [0.15, 0.2) is 0 Å². The van der Waals surface area contributed by atoms with Gasteiger partial charge in [0.2, 0.25) is 0 Å². The van der Waals surface area contributed by atoms with Crippen molar-refractivity contribution < 1.29 is 9.47 Å². The minimum absolute atomic E-state index is 0.501. The molecule has 0 N–H and O–H groups in total. The van der Waals surface area contributed by atoms with E-state index in [1.54, 1.807) is 7.11 Å². The van der Waals surface area contributed by atoms with E-state index in [1.807, 2.05) is 18.2 Å². The number of hydrogen-bond donors (Lipinski definition) is 0. The lowest BCUT2D eigenvalue weighted by Gasteiger charge is -2.18. The van der Waals surface area contributed by atoms with Gasteiger partial charge < -0.3 is 9.47 Å². The van der Waals surface area contributed by atoms with Gasteiger partial charge in [-0.05, 0) is 79.0 Å². The van der Waals surface area contributed by atoms with Crippen molar-refractivity contribution in [3.05, 3.63) is 169 Å². The summed E-state index contributed by atoms with van der Waals surface area (Å²) in [5.74, 6) is 1.73. The summed E-state index contributed by atoms with van der Waals surface area (Å²) in [5.41, 5.74) is 8.09. The molecule has 0 saturated heterocycles. The van der Waals surface area contributed by atoms with Crippen molar-refractivity contribution in [2.75, 3.05) is 7.11 Å². The third-order valence-electron chi connectivity index (χ3n) is 8.10. The summed E-state index contributed by atoms with van der Waals surface area (Å²) in [4.78, 5) is 0. The first-order chi connectivity index (χ1) is 22.2. The topological polar surface area (TPSA) is 18.5 Å². The van der Waals surface area contributed by atoms with E-state index in [1.165, 1.54) is 27.1 Å². The highest BCUT2D eigenvalue weighted by atomic mass is 31.1. The molecule has 0 spiro atoms. The summed E-state index contributed by atoms with van der Waals surface area (Å²) in [6.07, 6.45) is 0. The lowest BCUT2D eigenvalue weighted by Crippen LogP contribution is -2.02. The van der Waals surface area contributed by atoms with Crippen molar-refractivity contribution in [3.63, 3.8) is 0 Å². The van der Waals surface area contributed by atoms with Gasteiger partial charge in [-0.1, -0.05) is 148 Å². The number of ether oxygens (including phenoxy) is 2. The molecule has 0 aliphatic rings. The third kappa shape index (κ3) is 6.38. The summed E-state index contributed by atoms with van der Waals surface area (Å²) in [5, 5.41) is 4.99. The van der Waals surface area contributed by atoms with Gasteiger partial charge in [-0.2, -0.15) is 0 Å². The number of rotatable bonds is 9. The number of methoxy groups -OCH3 is 1. The quantitative estimate of drug-likeness (QED) is 0.154. The Hall–Kier alpha value is -5.17. The fourth-order valence-corrected chi connectivity index (χ4v) is 6.81. The first kappa shape index (κ1) is 28.6. The van der Waals surface area contributed by atoms with Crippen LogP contribution in [0.1, 0.15) is 5.56 Å². The molecule has 1 atom stereocenters. The lowest BCUT2D eigenvalue weighted by molar-refractivity contribution is 0.308. The largest absolute Gasteiger partial charge is 0.497 e. The Morgan fingerprint density at radius 3 is 1.87 bits per heavy atom. The highest BCUT2D eigenvalue weighted by Gasteiger charge is 2.17. The van der Waals surface area contributed by atoms with Gasteiger partial charge in [-0.3, -0.25) is 0 Å². The van der Waals surface area contributed by atoms with Crippen LogP contribution in [-0.2, 0) is 6.61 Å². The monoisotopic (exact) mass is 600 g/mol.